The van der Waals surface area contributed by atoms with Crippen LogP contribution in [0.5, 0.6) is 0 Å². The zero-order valence-electron chi connectivity index (χ0n) is 11.3. The first-order valence-electron chi connectivity index (χ1n) is 6.46. The van der Waals surface area contributed by atoms with E-state index in [1.54, 1.807) is 12.1 Å². The maximum atomic E-state index is 11.8. The van der Waals surface area contributed by atoms with Crippen LogP contribution >= 0.6 is 0 Å². The van der Waals surface area contributed by atoms with E-state index in [1.807, 2.05) is 30.3 Å². The van der Waals surface area contributed by atoms with Crippen molar-refractivity contribution >= 4 is 17.6 Å². The number of nitrogens with one attached hydrogen (secondary N) is 1. The SMILES string of the molecule is O=C(CC(=O)NC(=O)c1ccccn1)Cc1ccccc1. The largest absolute Gasteiger partial charge is 0.299 e. The topological polar surface area (TPSA) is 76.1 Å². The van der Waals surface area contributed by atoms with Crippen molar-refractivity contribution in [3.63, 3.8) is 0 Å². The molecule has 2 rings (SSSR count). The predicted octanol–water partition coefficient (Wildman–Crippen LogP) is 1.54. The first kappa shape index (κ1) is 14.6. The zero-order valence-corrected chi connectivity index (χ0v) is 11.3. The highest BCUT2D eigenvalue weighted by molar-refractivity contribution is 6.09. The second-order valence-electron chi connectivity index (χ2n) is 4.47. The van der Waals surface area contributed by atoms with E-state index in [0.29, 0.717) is 0 Å². The molecular formula is C16H14N2O3. The van der Waals surface area contributed by atoms with Crippen LogP contribution in [0.25, 0.3) is 0 Å². The number of hydrogen-bond acceptors (Lipinski definition) is 4. The van der Waals surface area contributed by atoms with Gasteiger partial charge in [-0.15, -0.1) is 0 Å². The van der Waals surface area contributed by atoms with Crippen LogP contribution in [0.3, 0.4) is 0 Å². The summed E-state index contributed by atoms with van der Waals surface area (Å²) in [7, 11) is 0. The maximum Gasteiger partial charge on any atom is 0.276 e. The van der Waals surface area contributed by atoms with Crippen LogP contribution in [0.15, 0.2) is 54.7 Å². The van der Waals surface area contributed by atoms with Crippen molar-refractivity contribution in [3.8, 4) is 0 Å². The van der Waals surface area contributed by atoms with E-state index < -0.39 is 11.8 Å². The molecule has 5 nitrogen and oxygen atoms in total. The van der Waals surface area contributed by atoms with Gasteiger partial charge in [0, 0.05) is 12.6 Å². The molecule has 1 aromatic carbocycles. The summed E-state index contributed by atoms with van der Waals surface area (Å²) >= 11 is 0. The molecule has 0 aliphatic heterocycles. The van der Waals surface area contributed by atoms with Gasteiger partial charge in [0.1, 0.15) is 11.5 Å². The summed E-state index contributed by atoms with van der Waals surface area (Å²) in [6.45, 7) is 0. The minimum atomic E-state index is -0.619. The number of rotatable bonds is 5. The molecule has 0 aliphatic carbocycles. The van der Waals surface area contributed by atoms with Crippen molar-refractivity contribution < 1.29 is 14.4 Å². The third-order valence-electron chi connectivity index (χ3n) is 2.75. The molecule has 0 radical (unpaired) electrons. The van der Waals surface area contributed by atoms with Crippen LogP contribution in [0.1, 0.15) is 22.5 Å². The molecule has 21 heavy (non-hydrogen) atoms. The predicted molar refractivity (Wildman–Crippen MR) is 76.5 cm³/mol. The van der Waals surface area contributed by atoms with E-state index in [1.165, 1.54) is 12.3 Å². The van der Waals surface area contributed by atoms with Crippen LogP contribution in [0.4, 0.5) is 0 Å². The summed E-state index contributed by atoms with van der Waals surface area (Å²) in [4.78, 5) is 38.9. The number of aromatic nitrogens is 1. The Kier molecular flexibility index (Phi) is 4.93. The standard InChI is InChI=1S/C16H14N2O3/c19-13(10-12-6-2-1-3-7-12)11-15(20)18-16(21)14-8-4-5-9-17-14/h1-9H,10-11H2,(H,18,20,21). The molecule has 0 saturated heterocycles. The Morgan fingerprint density at radius 3 is 2.33 bits per heavy atom. The fourth-order valence-electron chi connectivity index (χ4n) is 1.80. The summed E-state index contributed by atoms with van der Waals surface area (Å²) in [6, 6.07) is 13.9. The summed E-state index contributed by atoms with van der Waals surface area (Å²) in [5, 5.41) is 2.15. The fourth-order valence-corrected chi connectivity index (χ4v) is 1.80. The van der Waals surface area contributed by atoms with Gasteiger partial charge in [-0.25, -0.2) is 0 Å². The minimum Gasteiger partial charge on any atom is -0.299 e. The van der Waals surface area contributed by atoms with Crippen molar-refractivity contribution in [1.29, 1.82) is 0 Å². The molecule has 0 fully saturated rings. The third-order valence-corrected chi connectivity index (χ3v) is 2.75. The second kappa shape index (κ2) is 7.09. The van der Waals surface area contributed by atoms with Gasteiger partial charge in [-0.05, 0) is 17.7 Å². The Balaban J connectivity index is 1.84. The highest BCUT2D eigenvalue weighted by Crippen LogP contribution is 2.02. The minimum absolute atomic E-state index is 0.140. The zero-order chi connectivity index (χ0) is 15.1. The number of carbonyl (C=O) groups excluding carboxylic acids is 3. The summed E-state index contributed by atoms with van der Waals surface area (Å²) < 4.78 is 0. The van der Waals surface area contributed by atoms with Gasteiger partial charge in [-0.1, -0.05) is 36.4 Å². The number of amides is 2. The summed E-state index contributed by atoms with van der Waals surface area (Å²) in [5.74, 6) is -1.47. The van der Waals surface area contributed by atoms with Crippen LogP contribution < -0.4 is 5.32 Å². The number of pyridine rings is 1. The Morgan fingerprint density at radius 1 is 0.952 bits per heavy atom. The Morgan fingerprint density at radius 2 is 1.67 bits per heavy atom. The summed E-state index contributed by atoms with van der Waals surface area (Å²) in [6.07, 6.45) is 1.31. The van der Waals surface area contributed by atoms with E-state index in [-0.39, 0.29) is 24.3 Å². The van der Waals surface area contributed by atoms with Gasteiger partial charge in [0.05, 0.1) is 6.42 Å². The Hall–Kier alpha value is -2.82. The number of benzene rings is 1. The quantitative estimate of drug-likeness (QED) is 0.844. The van der Waals surface area contributed by atoms with E-state index in [0.717, 1.165) is 5.56 Å². The van der Waals surface area contributed by atoms with Crippen molar-refractivity contribution in [2.24, 2.45) is 0 Å². The molecule has 2 amide bonds. The molecule has 0 aliphatic rings. The van der Waals surface area contributed by atoms with Gasteiger partial charge in [0.25, 0.3) is 5.91 Å². The Bertz CT molecular complexity index is 639. The maximum absolute atomic E-state index is 11.8. The molecule has 0 saturated carbocycles. The molecule has 2 aromatic rings. The molecule has 0 bridgehead atoms. The number of Topliss-reactive ketones (excluding diaryl/α,β-unsaturated/α-hetero) is 1. The third kappa shape index (κ3) is 4.65. The average molecular weight is 282 g/mol. The highest BCUT2D eigenvalue weighted by atomic mass is 16.2. The molecule has 1 N–H and O–H groups in total. The fraction of sp³-hybridized carbons (Fsp3) is 0.125. The lowest BCUT2D eigenvalue weighted by Crippen LogP contribution is -2.32. The van der Waals surface area contributed by atoms with Crippen LogP contribution in [0.2, 0.25) is 0 Å². The molecule has 1 aromatic heterocycles. The Labute approximate surface area is 122 Å². The van der Waals surface area contributed by atoms with Gasteiger partial charge in [-0.2, -0.15) is 0 Å². The lowest BCUT2D eigenvalue weighted by Gasteiger charge is -2.03. The number of carbonyl (C=O) groups is 3. The van der Waals surface area contributed by atoms with Gasteiger partial charge in [-0.3, -0.25) is 24.7 Å². The van der Waals surface area contributed by atoms with E-state index in [2.05, 4.69) is 10.3 Å². The smallest absolute Gasteiger partial charge is 0.276 e. The normalized spacial score (nSPS) is 9.90. The van der Waals surface area contributed by atoms with Crippen LogP contribution in [0, 0.1) is 0 Å². The lowest BCUT2D eigenvalue weighted by molar-refractivity contribution is -0.127. The lowest BCUT2D eigenvalue weighted by atomic mass is 10.1. The molecule has 1 heterocycles. The molecule has 0 spiro atoms. The number of hydrogen-bond donors (Lipinski definition) is 1. The monoisotopic (exact) mass is 282 g/mol. The first-order chi connectivity index (χ1) is 10.1. The highest BCUT2D eigenvalue weighted by Gasteiger charge is 2.14. The summed E-state index contributed by atoms with van der Waals surface area (Å²) in [5.41, 5.74) is 0.979. The van der Waals surface area contributed by atoms with Crippen LogP contribution in [-0.2, 0) is 16.0 Å². The van der Waals surface area contributed by atoms with Crippen molar-refractivity contribution in [1.82, 2.24) is 10.3 Å². The van der Waals surface area contributed by atoms with E-state index in [4.69, 9.17) is 0 Å². The average Bonchev–Trinajstić information content (AvgIpc) is 2.48. The van der Waals surface area contributed by atoms with Gasteiger partial charge in [0.2, 0.25) is 5.91 Å². The number of imide groups is 1. The van der Waals surface area contributed by atoms with Gasteiger partial charge in [0.15, 0.2) is 0 Å². The van der Waals surface area contributed by atoms with Crippen molar-refractivity contribution in [3.05, 3.63) is 66.0 Å². The van der Waals surface area contributed by atoms with E-state index in [9.17, 15) is 14.4 Å². The number of nitrogens with zero attached hydrogens (tertiary/aromatic N) is 1. The van der Waals surface area contributed by atoms with Gasteiger partial charge < -0.3 is 0 Å². The van der Waals surface area contributed by atoms with Gasteiger partial charge >= 0.3 is 0 Å². The van der Waals surface area contributed by atoms with Crippen molar-refractivity contribution in [2.75, 3.05) is 0 Å². The first-order valence-corrected chi connectivity index (χ1v) is 6.46. The van der Waals surface area contributed by atoms with E-state index >= 15 is 0 Å². The van der Waals surface area contributed by atoms with Crippen molar-refractivity contribution in [2.45, 2.75) is 12.8 Å². The second-order valence-corrected chi connectivity index (χ2v) is 4.47. The molecule has 5 heteroatoms. The number of ketones is 1. The molecule has 0 atom stereocenters. The van der Waals surface area contributed by atoms with Crippen LogP contribution in [-0.4, -0.2) is 22.6 Å². The molecular weight excluding hydrogens is 268 g/mol. The molecule has 106 valence electrons. The molecule has 0 unspecified atom stereocenters.